The molecule has 134 valence electrons. The van der Waals surface area contributed by atoms with Gasteiger partial charge in [0.05, 0.1) is 5.69 Å². The van der Waals surface area contributed by atoms with Crippen LogP contribution in [0.3, 0.4) is 0 Å². The molecule has 1 N–H and O–H groups in total. The second-order valence-electron chi connectivity index (χ2n) is 7.18. The van der Waals surface area contributed by atoms with Crippen LogP contribution in [0, 0.1) is 0 Å². The number of hydrogen-bond donors (Lipinski definition) is 1. The Morgan fingerprint density at radius 1 is 1.19 bits per heavy atom. The molecule has 0 spiro atoms. The van der Waals surface area contributed by atoms with Gasteiger partial charge in [0.2, 0.25) is 0 Å². The van der Waals surface area contributed by atoms with Crippen molar-refractivity contribution in [2.45, 2.75) is 24.7 Å². The molecule has 1 aromatic carbocycles. The van der Waals surface area contributed by atoms with E-state index in [4.69, 9.17) is 0 Å². The van der Waals surface area contributed by atoms with Crippen molar-refractivity contribution in [3.05, 3.63) is 72.2 Å². The minimum Gasteiger partial charge on any atom is -0.338 e. The van der Waals surface area contributed by atoms with Crippen LogP contribution in [0.5, 0.6) is 0 Å². The van der Waals surface area contributed by atoms with Gasteiger partial charge >= 0.3 is 6.03 Å². The summed E-state index contributed by atoms with van der Waals surface area (Å²) in [5.74, 6) is 0. The third kappa shape index (κ3) is 3.43. The van der Waals surface area contributed by atoms with Gasteiger partial charge in [0, 0.05) is 44.4 Å². The molecule has 1 aliphatic rings. The van der Waals surface area contributed by atoms with E-state index in [9.17, 15) is 4.79 Å². The molecule has 1 saturated carbocycles. The van der Waals surface area contributed by atoms with Gasteiger partial charge in [-0.3, -0.25) is 0 Å². The van der Waals surface area contributed by atoms with Crippen molar-refractivity contribution in [1.82, 2.24) is 19.6 Å². The number of nitrogens with zero attached hydrogens (tertiary/aromatic N) is 3. The Morgan fingerprint density at radius 2 is 1.96 bits per heavy atom. The van der Waals surface area contributed by atoms with Crippen molar-refractivity contribution in [3.63, 3.8) is 0 Å². The van der Waals surface area contributed by atoms with Crippen LogP contribution in [-0.4, -0.2) is 40.5 Å². The second kappa shape index (κ2) is 6.83. The van der Waals surface area contributed by atoms with Crippen molar-refractivity contribution in [1.29, 1.82) is 0 Å². The number of fused-ring (bicyclic) bond motifs is 1. The lowest BCUT2D eigenvalue weighted by atomic mass is 9.95. The molecule has 2 aromatic heterocycles. The predicted molar refractivity (Wildman–Crippen MR) is 102 cm³/mol. The zero-order chi connectivity index (χ0) is 18.0. The third-order valence-corrected chi connectivity index (χ3v) is 5.20. The van der Waals surface area contributed by atoms with Gasteiger partial charge in [-0.15, -0.1) is 0 Å². The number of benzene rings is 1. The Kier molecular flexibility index (Phi) is 4.37. The van der Waals surface area contributed by atoms with E-state index in [0.717, 1.165) is 37.1 Å². The van der Waals surface area contributed by atoms with Crippen LogP contribution in [0.25, 0.3) is 5.65 Å². The van der Waals surface area contributed by atoms with Crippen LogP contribution in [0.15, 0.2) is 60.9 Å². The van der Waals surface area contributed by atoms with Crippen molar-refractivity contribution < 1.29 is 4.79 Å². The highest BCUT2D eigenvalue weighted by atomic mass is 16.2. The summed E-state index contributed by atoms with van der Waals surface area (Å²) in [6.07, 6.45) is 7.02. The van der Waals surface area contributed by atoms with E-state index in [1.165, 1.54) is 5.56 Å². The number of likely N-dealkylation sites (N-methyl/N-ethyl adjacent to an activating group) is 1. The fraction of sp³-hybridized carbons (Fsp3) is 0.333. The maximum absolute atomic E-state index is 12.4. The highest BCUT2D eigenvalue weighted by Gasteiger charge is 2.45. The first-order chi connectivity index (χ1) is 12.7. The molecule has 4 rings (SSSR count). The summed E-state index contributed by atoms with van der Waals surface area (Å²) < 4.78 is 2.00. The fourth-order valence-corrected chi connectivity index (χ4v) is 3.55. The lowest BCUT2D eigenvalue weighted by Gasteiger charge is -2.24. The summed E-state index contributed by atoms with van der Waals surface area (Å²) in [7, 11) is 1.88. The number of nitrogens with one attached hydrogen (secondary N) is 1. The zero-order valence-electron chi connectivity index (χ0n) is 15.1. The molecule has 26 heavy (non-hydrogen) atoms. The Hall–Kier alpha value is -2.82. The number of pyridine rings is 1. The van der Waals surface area contributed by atoms with E-state index in [2.05, 4.69) is 34.6 Å². The van der Waals surface area contributed by atoms with E-state index < -0.39 is 0 Å². The first-order valence-corrected chi connectivity index (χ1v) is 9.13. The molecule has 0 aliphatic heterocycles. The van der Waals surface area contributed by atoms with Crippen molar-refractivity contribution in [2.75, 3.05) is 20.1 Å². The summed E-state index contributed by atoms with van der Waals surface area (Å²) in [4.78, 5) is 18.8. The molecule has 1 aliphatic carbocycles. The molecule has 3 aromatic rings. The molecule has 0 bridgehead atoms. The molecule has 2 amide bonds. The number of aromatic nitrogens is 2. The van der Waals surface area contributed by atoms with Crippen LogP contribution in [0.1, 0.15) is 24.1 Å². The van der Waals surface area contributed by atoms with Gasteiger partial charge in [-0.25, -0.2) is 9.78 Å². The fourth-order valence-electron chi connectivity index (χ4n) is 3.55. The lowest BCUT2D eigenvalue weighted by molar-refractivity contribution is 0.204. The topological polar surface area (TPSA) is 49.6 Å². The van der Waals surface area contributed by atoms with Gasteiger partial charge in [0.25, 0.3) is 0 Å². The third-order valence-electron chi connectivity index (χ3n) is 5.20. The maximum Gasteiger partial charge on any atom is 0.317 e. The zero-order valence-corrected chi connectivity index (χ0v) is 15.1. The van der Waals surface area contributed by atoms with Gasteiger partial charge in [-0.2, -0.15) is 0 Å². The SMILES string of the molecule is CN(CC1(c2ccccc2)CC1)C(=O)NCCc1cn2ccccc2n1. The molecule has 0 atom stereocenters. The van der Waals surface area contributed by atoms with Crippen molar-refractivity contribution in [2.24, 2.45) is 0 Å². The van der Waals surface area contributed by atoms with Crippen LogP contribution in [0.2, 0.25) is 0 Å². The number of rotatable bonds is 6. The number of carbonyl (C=O) groups is 1. The number of carbonyl (C=O) groups excluding carboxylic acids is 1. The summed E-state index contributed by atoms with van der Waals surface area (Å²) >= 11 is 0. The minimum absolute atomic E-state index is 0.0176. The monoisotopic (exact) mass is 348 g/mol. The Morgan fingerprint density at radius 3 is 2.69 bits per heavy atom. The molecule has 0 unspecified atom stereocenters. The second-order valence-corrected chi connectivity index (χ2v) is 7.18. The summed E-state index contributed by atoms with van der Waals surface area (Å²) in [6, 6.07) is 16.4. The first kappa shape index (κ1) is 16.6. The highest BCUT2D eigenvalue weighted by molar-refractivity contribution is 5.74. The summed E-state index contributed by atoms with van der Waals surface area (Å²) in [5.41, 5.74) is 3.41. The van der Waals surface area contributed by atoms with Gasteiger partial charge in [-0.1, -0.05) is 36.4 Å². The Balaban J connectivity index is 1.29. The molecule has 0 radical (unpaired) electrons. The molecule has 2 heterocycles. The maximum atomic E-state index is 12.4. The van der Waals surface area contributed by atoms with Gasteiger partial charge in [0.1, 0.15) is 5.65 Å². The minimum atomic E-state index is -0.0176. The largest absolute Gasteiger partial charge is 0.338 e. The average Bonchev–Trinajstić information content (AvgIpc) is 3.33. The number of amides is 2. The molecular formula is C21H24N4O. The number of imidazole rings is 1. The van der Waals surface area contributed by atoms with E-state index in [0.29, 0.717) is 6.54 Å². The van der Waals surface area contributed by atoms with E-state index in [-0.39, 0.29) is 11.4 Å². The normalized spacial score (nSPS) is 15.0. The Bertz CT molecular complexity index is 866. The van der Waals surface area contributed by atoms with E-state index in [1.54, 1.807) is 0 Å². The van der Waals surface area contributed by atoms with Crippen LogP contribution >= 0.6 is 0 Å². The molecule has 0 saturated heterocycles. The Labute approximate surface area is 153 Å². The lowest BCUT2D eigenvalue weighted by Crippen LogP contribution is -2.42. The van der Waals surface area contributed by atoms with Gasteiger partial charge in [-0.05, 0) is 30.5 Å². The molecular weight excluding hydrogens is 324 g/mol. The summed E-state index contributed by atoms with van der Waals surface area (Å²) in [6.45, 7) is 1.35. The first-order valence-electron chi connectivity index (χ1n) is 9.13. The standard InChI is InChI=1S/C21H24N4O/c1-24(16-21(11-12-21)17-7-3-2-4-8-17)20(26)22-13-10-18-15-25-14-6-5-9-19(25)23-18/h2-9,14-15H,10-13,16H2,1H3,(H,22,26). The van der Waals surface area contributed by atoms with Crippen LogP contribution in [0.4, 0.5) is 4.79 Å². The quantitative estimate of drug-likeness (QED) is 0.743. The van der Waals surface area contributed by atoms with Gasteiger partial charge in [0.15, 0.2) is 0 Å². The van der Waals surface area contributed by atoms with Crippen molar-refractivity contribution in [3.8, 4) is 0 Å². The number of urea groups is 1. The highest BCUT2D eigenvalue weighted by Crippen LogP contribution is 2.48. The van der Waals surface area contributed by atoms with Crippen LogP contribution < -0.4 is 5.32 Å². The summed E-state index contributed by atoms with van der Waals surface area (Å²) in [5, 5.41) is 3.01. The molecule has 5 heteroatoms. The van der Waals surface area contributed by atoms with E-state index in [1.807, 2.05) is 53.0 Å². The predicted octanol–water partition coefficient (Wildman–Crippen LogP) is 3.25. The average molecular weight is 348 g/mol. The van der Waals surface area contributed by atoms with Crippen LogP contribution in [-0.2, 0) is 11.8 Å². The molecule has 5 nitrogen and oxygen atoms in total. The van der Waals surface area contributed by atoms with Crippen molar-refractivity contribution >= 4 is 11.7 Å². The smallest absolute Gasteiger partial charge is 0.317 e. The van der Waals surface area contributed by atoms with Gasteiger partial charge < -0.3 is 14.6 Å². The molecule has 1 fully saturated rings. The van der Waals surface area contributed by atoms with E-state index >= 15 is 0 Å². The number of hydrogen-bond acceptors (Lipinski definition) is 2.